The van der Waals surface area contributed by atoms with Crippen LogP contribution in [0, 0.1) is 0 Å². The zero-order chi connectivity index (χ0) is 16.6. The third-order valence-electron chi connectivity index (χ3n) is 3.80. The predicted molar refractivity (Wildman–Crippen MR) is 89.8 cm³/mol. The summed E-state index contributed by atoms with van der Waals surface area (Å²) in [4.78, 5) is 15.4. The summed E-state index contributed by atoms with van der Waals surface area (Å²) in [6.07, 6.45) is -0.0854. The van der Waals surface area contributed by atoms with Crippen LogP contribution in [0.4, 0.5) is 0 Å². The molecule has 23 heavy (non-hydrogen) atoms. The second-order valence-corrected chi connectivity index (χ2v) is 5.99. The van der Waals surface area contributed by atoms with E-state index in [0.29, 0.717) is 6.79 Å². The average molecular weight is 317 g/mol. The topological polar surface area (TPSA) is 52.9 Å². The summed E-state index contributed by atoms with van der Waals surface area (Å²) in [5, 5.41) is 0. The number of hydrogen-bond donors (Lipinski definition) is 0. The van der Waals surface area contributed by atoms with Crippen LogP contribution in [-0.2, 0) is 6.54 Å². The molecule has 0 bridgehead atoms. The fraction of sp³-hybridized carbons (Fsp3) is 0.500. The first-order valence-electron chi connectivity index (χ1n) is 7.62. The molecular formula is C16H23N5O2. The van der Waals surface area contributed by atoms with E-state index in [2.05, 4.69) is 21.0 Å². The third kappa shape index (κ3) is 3.04. The monoisotopic (exact) mass is 317 g/mol. The summed E-state index contributed by atoms with van der Waals surface area (Å²) in [6.45, 7) is 3.02. The van der Waals surface area contributed by atoms with Crippen LogP contribution in [0.3, 0.4) is 0 Å². The van der Waals surface area contributed by atoms with Crippen LogP contribution in [0.5, 0.6) is 11.5 Å². The van der Waals surface area contributed by atoms with Gasteiger partial charge in [0, 0.05) is 34.7 Å². The molecule has 0 aliphatic carbocycles. The summed E-state index contributed by atoms with van der Waals surface area (Å²) in [6, 6.07) is 6.03. The molecule has 0 saturated carbocycles. The number of hydrogen-bond acceptors (Lipinski definition) is 7. The lowest BCUT2D eigenvalue weighted by atomic mass is 10.2. The van der Waals surface area contributed by atoms with E-state index < -0.39 is 0 Å². The fourth-order valence-corrected chi connectivity index (χ4v) is 2.78. The van der Waals surface area contributed by atoms with E-state index in [-0.39, 0.29) is 6.17 Å². The molecule has 3 rings (SSSR count). The van der Waals surface area contributed by atoms with Gasteiger partial charge in [-0.25, -0.2) is 9.98 Å². The van der Waals surface area contributed by atoms with Crippen molar-refractivity contribution in [3.05, 3.63) is 23.8 Å². The molecule has 1 aromatic rings. The minimum Gasteiger partial charge on any atom is -0.454 e. The Labute approximate surface area is 136 Å². The van der Waals surface area contributed by atoms with Gasteiger partial charge in [0.1, 0.15) is 6.17 Å². The summed E-state index contributed by atoms with van der Waals surface area (Å²) in [7, 11) is 8.00. The van der Waals surface area contributed by atoms with E-state index in [1.54, 1.807) is 0 Å². The van der Waals surface area contributed by atoms with Gasteiger partial charge in [-0.15, -0.1) is 0 Å². The fourth-order valence-electron chi connectivity index (χ4n) is 2.78. The number of fused-ring (bicyclic) bond motifs is 1. The van der Waals surface area contributed by atoms with E-state index in [9.17, 15) is 0 Å². The van der Waals surface area contributed by atoms with Crippen LogP contribution in [0.25, 0.3) is 0 Å². The molecule has 7 heteroatoms. The molecule has 0 N–H and O–H groups in total. The van der Waals surface area contributed by atoms with Crippen molar-refractivity contribution in [1.82, 2.24) is 14.7 Å². The maximum Gasteiger partial charge on any atom is 0.231 e. The lowest BCUT2D eigenvalue weighted by Crippen LogP contribution is -2.50. The Bertz CT molecular complexity index is 656. The molecule has 0 radical (unpaired) electrons. The highest BCUT2D eigenvalue weighted by atomic mass is 16.7. The normalized spacial score (nSPS) is 19.3. The number of ether oxygens (including phenoxy) is 2. The zero-order valence-electron chi connectivity index (χ0n) is 14.3. The number of nitrogens with zero attached hydrogens (tertiary/aromatic N) is 5. The number of rotatable bonds is 2. The minimum atomic E-state index is -0.0854. The van der Waals surface area contributed by atoms with Crippen molar-refractivity contribution in [2.45, 2.75) is 19.6 Å². The summed E-state index contributed by atoms with van der Waals surface area (Å²) < 4.78 is 10.8. The smallest absolute Gasteiger partial charge is 0.231 e. The predicted octanol–water partition coefficient (Wildman–Crippen LogP) is 1.41. The zero-order valence-corrected chi connectivity index (χ0v) is 14.3. The van der Waals surface area contributed by atoms with Gasteiger partial charge in [-0.3, -0.25) is 4.90 Å². The molecule has 1 aromatic carbocycles. The number of guanidine groups is 2. The van der Waals surface area contributed by atoms with Gasteiger partial charge in [-0.05, 0) is 24.6 Å². The Hall–Kier alpha value is -2.44. The van der Waals surface area contributed by atoms with Crippen molar-refractivity contribution in [2.24, 2.45) is 9.98 Å². The van der Waals surface area contributed by atoms with E-state index in [0.717, 1.165) is 35.5 Å². The van der Waals surface area contributed by atoms with Gasteiger partial charge < -0.3 is 19.3 Å². The van der Waals surface area contributed by atoms with Gasteiger partial charge in [-0.1, -0.05) is 6.07 Å². The van der Waals surface area contributed by atoms with Crippen molar-refractivity contribution in [1.29, 1.82) is 0 Å². The Kier molecular flexibility index (Phi) is 4.02. The largest absolute Gasteiger partial charge is 0.454 e. The molecule has 0 spiro atoms. The molecule has 2 heterocycles. The van der Waals surface area contributed by atoms with Crippen molar-refractivity contribution in [3.8, 4) is 11.5 Å². The molecule has 1 unspecified atom stereocenters. The first kappa shape index (κ1) is 15.5. The Morgan fingerprint density at radius 1 is 1.13 bits per heavy atom. The average Bonchev–Trinajstić information content (AvgIpc) is 2.96. The van der Waals surface area contributed by atoms with Gasteiger partial charge in [0.05, 0.1) is 0 Å². The number of benzene rings is 1. The molecule has 2 aliphatic rings. The summed E-state index contributed by atoms with van der Waals surface area (Å²) in [5.41, 5.74) is 1.15. The lowest BCUT2D eigenvalue weighted by Gasteiger charge is -2.35. The minimum absolute atomic E-state index is 0.0854. The maximum atomic E-state index is 5.45. The first-order valence-corrected chi connectivity index (χ1v) is 7.62. The van der Waals surface area contributed by atoms with Crippen LogP contribution in [0.2, 0.25) is 0 Å². The van der Waals surface area contributed by atoms with Crippen LogP contribution < -0.4 is 9.47 Å². The van der Waals surface area contributed by atoms with E-state index in [1.165, 1.54) is 0 Å². The molecular weight excluding hydrogens is 294 g/mol. The Morgan fingerprint density at radius 3 is 2.57 bits per heavy atom. The van der Waals surface area contributed by atoms with Gasteiger partial charge in [0.15, 0.2) is 11.5 Å². The highest BCUT2D eigenvalue weighted by Crippen LogP contribution is 2.32. The second kappa shape index (κ2) is 5.98. The van der Waals surface area contributed by atoms with Crippen LogP contribution >= 0.6 is 0 Å². The van der Waals surface area contributed by atoms with Crippen molar-refractivity contribution < 1.29 is 9.47 Å². The molecule has 0 amide bonds. The van der Waals surface area contributed by atoms with Crippen molar-refractivity contribution >= 4 is 11.9 Å². The van der Waals surface area contributed by atoms with Gasteiger partial charge in [0.2, 0.25) is 18.7 Å². The number of aliphatic imine (C=N–C) groups is 2. The molecule has 2 aliphatic heterocycles. The van der Waals surface area contributed by atoms with Crippen molar-refractivity contribution in [3.63, 3.8) is 0 Å². The highest BCUT2D eigenvalue weighted by Gasteiger charge is 2.24. The van der Waals surface area contributed by atoms with Crippen LogP contribution in [-0.4, -0.2) is 67.8 Å². The molecule has 0 aromatic heterocycles. The van der Waals surface area contributed by atoms with Gasteiger partial charge in [-0.2, -0.15) is 0 Å². The van der Waals surface area contributed by atoms with Gasteiger partial charge in [0.25, 0.3) is 0 Å². The van der Waals surface area contributed by atoms with Crippen LogP contribution in [0.1, 0.15) is 12.5 Å². The molecule has 0 fully saturated rings. The van der Waals surface area contributed by atoms with E-state index in [1.807, 2.05) is 57.0 Å². The molecule has 1 atom stereocenters. The molecule has 0 saturated heterocycles. The second-order valence-electron chi connectivity index (χ2n) is 5.99. The summed E-state index contributed by atoms with van der Waals surface area (Å²) in [5.74, 6) is 3.41. The van der Waals surface area contributed by atoms with E-state index in [4.69, 9.17) is 9.47 Å². The first-order chi connectivity index (χ1) is 11.0. The Balaban J connectivity index is 1.76. The summed E-state index contributed by atoms with van der Waals surface area (Å²) >= 11 is 0. The third-order valence-corrected chi connectivity index (χ3v) is 3.80. The lowest BCUT2D eigenvalue weighted by molar-refractivity contribution is 0.174. The van der Waals surface area contributed by atoms with Crippen molar-refractivity contribution in [2.75, 3.05) is 35.0 Å². The quantitative estimate of drug-likeness (QED) is 0.825. The molecule has 124 valence electrons. The highest BCUT2D eigenvalue weighted by molar-refractivity contribution is 5.99. The van der Waals surface area contributed by atoms with Crippen LogP contribution in [0.15, 0.2) is 28.2 Å². The molecule has 7 nitrogen and oxygen atoms in total. The van der Waals surface area contributed by atoms with Gasteiger partial charge >= 0.3 is 0 Å². The maximum absolute atomic E-state index is 5.45. The SMILES string of the molecule is CC1N=C(N(C)C)N(C)C(N(C)Cc2ccc3c(c2)OCO3)=N1. The standard InChI is InChI=1S/C16H23N5O2/c1-11-17-15(19(2)3)21(5)16(18-11)20(4)9-12-6-7-13-14(8-12)23-10-22-13/h6-8,11H,9-10H2,1-5H3. The Morgan fingerprint density at radius 2 is 1.83 bits per heavy atom. The van der Waals surface area contributed by atoms with E-state index >= 15 is 0 Å².